The minimum absolute atomic E-state index is 0.0273. The van der Waals surface area contributed by atoms with E-state index < -0.39 is 10.2 Å². The summed E-state index contributed by atoms with van der Waals surface area (Å²) in [6.07, 6.45) is 2.62. The van der Waals surface area contributed by atoms with Crippen LogP contribution in [0.5, 0.6) is 0 Å². The summed E-state index contributed by atoms with van der Waals surface area (Å²) in [4.78, 5) is 0. The van der Waals surface area contributed by atoms with Crippen LogP contribution < -0.4 is 4.72 Å². The van der Waals surface area contributed by atoms with Gasteiger partial charge in [0.05, 0.1) is 0 Å². The Morgan fingerprint density at radius 2 is 2.13 bits per heavy atom. The summed E-state index contributed by atoms with van der Waals surface area (Å²) in [7, 11) is -1.82. The average molecular weight is 236 g/mol. The van der Waals surface area contributed by atoms with E-state index in [1.54, 1.807) is 14.0 Å². The van der Waals surface area contributed by atoms with Gasteiger partial charge in [0.15, 0.2) is 0 Å². The molecule has 0 aromatic rings. The first kappa shape index (κ1) is 12.9. The highest BCUT2D eigenvalue weighted by molar-refractivity contribution is 7.87. The van der Waals surface area contributed by atoms with Crippen molar-refractivity contribution in [1.29, 1.82) is 0 Å². The average Bonchev–Trinajstić information content (AvgIpc) is 2.98. The van der Waals surface area contributed by atoms with E-state index in [0.29, 0.717) is 18.9 Å². The van der Waals surface area contributed by atoms with Crippen LogP contribution in [0.15, 0.2) is 0 Å². The maximum absolute atomic E-state index is 11.7. The highest BCUT2D eigenvalue weighted by Crippen LogP contribution is 2.34. The molecule has 6 heteroatoms. The molecular weight excluding hydrogens is 216 g/mol. The first-order valence-electron chi connectivity index (χ1n) is 5.35. The number of nitrogens with one attached hydrogen (secondary N) is 1. The Morgan fingerprint density at radius 3 is 2.53 bits per heavy atom. The van der Waals surface area contributed by atoms with E-state index in [1.807, 2.05) is 0 Å². The van der Waals surface area contributed by atoms with E-state index in [2.05, 4.69) is 4.72 Å². The van der Waals surface area contributed by atoms with E-state index in [1.165, 1.54) is 4.31 Å². The first-order chi connectivity index (χ1) is 7.01. The number of aliphatic hydroxyl groups excluding tert-OH is 1. The molecule has 2 N–H and O–H groups in total. The van der Waals surface area contributed by atoms with Gasteiger partial charge < -0.3 is 5.11 Å². The summed E-state index contributed by atoms with van der Waals surface area (Å²) in [6.45, 7) is 2.27. The third-order valence-corrected chi connectivity index (χ3v) is 4.47. The monoisotopic (exact) mass is 236 g/mol. The van der Waals surface area contributed by atoms with Crippen LogP contribution in [0.4, 0.5) is 0 Å². The van der Waals surface area contributed by atoms with Gasteiger partial charge in [0.1, 0.15) is 0 Å². The third kappa shape index (κ3) is 3.71. The van der Waals surface area contributed by atoms with Crippen molar-refractivity contribution in [3.8, 4) is 0 Å². The number of rotatable bonds is 7. The Balaban J connectivity index is 2.56. The van der Waals surface area contributed by atoms with Crippen molar-refractivity contribution in [2.75, 3.05) is 20.2 Å². The number of aliphatic hydroxyl groups is 1. The van der Waals surface area contributed by atoms with Gasteiger partial charge in [-0.15, -0.1) is 0 Å². The molecule has 5 nitrogen and oxygen atoms in total. The summed E-state index contributed by atoms with van der Waals surface area (Å²) in [6, 6.07) is -0.103. The molecule has 0 amide bonds. The Kier molecular flexibility index (Phi) is 4.51. The van der Waals surface area contributed by atoms with Crippen molar-refractivity contribution >= 4 is 10.2 Å². The molecule has 1 fully saturated rings. The van der Waals surface area contributed by atoms with Crippen molar-refractivity contribution in [2.45, 2.75) is 32.2 Å². The molecular formula is C9H20N2O3S. The fourth-order valence-corrected chi connectivity index (χ4v) is 2.69. The molecule has 0 aliphatic heterocycles. The highest BCUT2D eigenvalue weighted by Gasteiger charge is 2.34. The van der Waals surface area contributed by atoms with Gasteiger partial charge >= 0.3 is 0 Å². The number of hydrogen-bond donors (Lipinski definition) is 2. The normalized spacial score (nSPS) is 19.5. The molecule has 0 radical (unpaired) electrons. The van der Waals surface area contributed by atoms with E-state index >= 15 is 0 Å². The topological polar surface area (TPSA) is 69.6 Å². The van der Waals surface area contributed by atoms with Crippen molar-refractivity contribution < 1.29 is 13.5 Å². The van der Waals surface area contributed by atoms with Crippen LogP contribution >= 0.6 is 0 Å². The summed E-state index contributed by atoms with van der Waals surface area (Å²) < 4.78 is 27.3. The Morgan fingerprint density at radius 1 is 1.53 bits per heavy atom. The minimum atomic E-state index is -3.36. The van der Waals surface area contributed by atoms with Crippen LogP contribution in [0, 0.1) is 5.92 Å². The van der Waals surface area contributed by atoms with Crippen molar-refractivity contribution in [3.63, 3.8) is 0 Å². The molecule has 1 saturated carbocycles. The standard InChI is InChI=1S/C9H20N2O3S/c1-3-11(2)15(13,14)10-9(6-7-12)8-4-5-8/h8-10,12H,3-7H2,1-2H3. The van der Waals surface area contributed by atoms with Gasteiger partial charge in [0, 0.05) is 26.2 Å². The van der Waals surface area contributed by atoms with Crippen molar-refractivity contribution in [3.05, 3.63) is 0 Å². The molecule has 1 unspecified atom stereocenters. The molecule has 15 heavy (non-hydrogen) atoms. The fraction of sp³-hybridized carbons (Fsp3) is 1.00. The maximum Gasteiger partial charge on any atom is 0.279 e. The second kappa shape index (κ2) is 5.25. The SMILES string of the molecule is CCN(C)S(=O)(=O)NC(CCO)C1CC1. The molecule has 0 saturated heterocycles. The van der Waals surface area contributed by atoms with Crippen molar-refractivity contribution in [2.24, 2.45) is 5.92 Å². The molecule has 0 spiro atoms. The van der Waals surface area contributed by atoms with Gasteiger partial charge in [-0.05, 0) is 25.2 Å². The quantitative estimate of drug-likeness (QED) is 0.650. The van der Waals surface area contributed by atoms with Crippen LogP contribution in [0.1, 0.15) is 26.2 Å². The smallest absolute Gasteiger partial charge is 0.279 e. The van der Waals surface area contributed by atoms with Gasteiger partial charge in [-0.25, -0.2) is 0 Å². The van der Waals surface area contributed by atoms with Gasteiger partial charge in [0.25, 0.3) is 10.2 Å². The van der Waals surface area contributed by atoms with Gasteiger partial charge in [-0.3, -0.25) is 0 Å². The zero-order chi connectivity index (χ0) is 11.5. The Bertz CT molecular complexity index is 288. The zero-order valence-corrected chi connectivity index (χ0v) is 10.1. The van der Waals surface area contributed by atoms with Crippen LogP contribution in [0.25, 0.3) is 0 Å². The predicted molar refractivity (Wildman–Crippen MR) is 58.6 cm³/mol. The van der Waals surface area contributed by atoms with Crippen LogP contribution in [-0.2, 0) is 10.2 Å². The van der Waals surface area contributed by atoms with Crippen LogP contribution in [-0.4, -0.2) is 44.1 Å². The number of nitrogens with zero attached hydrogens (tertiary/aromatic N) is 1. The largest absolute Gasteiger partial charge is 0.396 e. The van der Waals surface area contributed by atoms with Crippen molar-refractivity contribution in [1.82, 2.24) is 9.03 Å². The minimum Gasteiger partial charge on any atom is -0.396 e. The molecule has 1 aliphatic rings. The third-order valence-electron chi connectivity index (χ3n) is 2.79. The fourth-order valence-electron chi connectivity index (χ4n) is 1.48. The maximum atomic E-state index is 11.7. The second-order valence-electron chi connectivity index (χ2n) is 3.99. The molecule has 0 bridgehead atoms. The van der Waals surface area contributed by atoms with Gasteiger partial charge in [-0.2, -0.15) is 17.4 Å². The summed E-state index contributed by atoms with van der Waals surface area (Å²) >= 11 is 0. The molecule has 0 aromatic heterocycles. The summed E-state index contributed by atoms with van der Waals surface area (Å²) in [5, 5.41) is 8.86. The lowest BCUT2D eigenvalue weighted by Crippen LogP contribution is -2.44. The number of hydrogen-bond acceptors (Lipinski definition) is 3. The van der Waals surface area contributed by atoms with Crippen LogP contribution in [0.2, 0.25) is 0 Å². The summed E-state index contributed by atoms with van der Waals surface area (Å²) in [5.41, 5.74) is 0. The molecule has 1 aliphatic carbocycles. The lowest BCUT2D eigenvalue weighted by molar-refractivity contribution is 0.264. The predicted octanol–water partition coefficient (Wildman–Crippen LogP) is -0.0665. The van der Waals surface area contributed by atoms with Gasteiger partial charge in [0.2, 0.25) is 0 Å². The van der Waals surface area contributed by atoms with Gasteiger partial charge in [-0.1, -0.05) is 6.92 Å². The molecule has 0 heterocycles. The molecule has 90 valence electrons. The second-order valence-corrected chi connectivity index (χ2v) is 5.80. The highest BCUT2D eigenvalue weighted by atomic mass is 32.2. The lowest BCUT2D eigenvalue weighted by Gasteiger charge is -2.21. The van der Waals surface area contributed by atoms with E-state index in [0.717, 1.165) is 12.8 Å². The molecule has 1 rings (SSSR count). The Labute approximate surface area is 91.7 Å². The Hall–Kier alpha value is -0.170. The summed E-state index contributed by atoms with van der Waals surface area (Å²) in [5.74, 6) is 0.414. The lowest BCUT2D eigenvalue weighted by atomic mass is 10.1. The van der Waals surface area contributed by atoms with E-state index in [4.69, 9.17) is 5.11 Å². The van der Waals surface area contributed by atoms with E-state index in [-0.39, 0.29) is 12.6 Å². The van der Waals surface area contributed by atoms with E-state index in [9.17, 15) is 8.42 Å². The first-order valence-corrected chi connectivity index (χ1v) is 6.79. The zero-order valence-electron chi connectivity index (χ0n) is 9.31. The van der Waals surface area contributed by atoms with Crippen LogP contribution in [0.3, 0.4) is 0 Å². The molecule has 0 aromatic carbocycles. The molecule has 1 atom stereocenters.